The van der Waals surface area contributed by atoms with Crippen molar-refractivity contribution in [3.63, 3.8) is 0 Å². The van der Waals surface area contributed by atoms with E-state index in [0.717, 1.165) is 38.8 Å². The van der Waals surface area contributed by atoms with Crippen molar-refractivity contribution in [1.29, 1.82) is 0 Å². The molecule has 0 radical (unpaired) electrons. The third kappa shape index (κ3) is 4.78. The van der Waals surface area contributed by atoms with Crippen molar-refractivity contribution in [2.24, 2.45) is 11.8 Å². The van der Waals surface area contributed by atoms with Gasteiger partial charge >= 0.3 is 5.97 Å². The van der Waals surface area contributed by atoms with Crippen molar-refractivity contribution < 1.29 is 14.7 Å². The van der Waals surface area contributed by atoms with Crippen LogP contribution in [0.2, 0.25) is 0 Å². The SMILES string of the molecule is CCN(CCCN(C)C)C(=O)[C@@H]1CCCC[C@@H]1C(=O)O. The number of carbonyl (C=O) groups excluding carboxylic acids is 1. The summed E-state index contributed by atoms with van der Waals surface area (Å²) in [6.45, 7) is 4.29. The topological polar surface area (TPSA) is 60.9 Å². The molecule has 1 N–H and O–H groups in total. The number of hydrogen-bond acceptors (Lipinski definition) is 3. The molecule has 0 unspecified atom stereocenters. The fraction of sp³-hybridized carbons (Fsp3) is 0.867. The number of amides is 1. The summed E-state index contributed by atoms with van der Waals surface area (Å²) in [6.07, 6.45) is 4.18. The molecular formula is C15H28N2O3. The first-order valence-electron chi connectivity index (χ1n) is 7.63. The molecule has 0 heterocycles. The van der Waals surface area contributed by atoms with E-state index < -0.39 is 11.9 Å². The molecule has 0 aromatic carbocycles. The molecule has 1 amide bonds. The fourth-order valence-corrected chi connectivity index (χ4v) is 2.96. The molecule has 0 spiro atoms. The van der Waals surface area contributed by atoms with E-state index in [2.05, 4.69) is 4.90 Å². The van der Waals surface area contributed by atoms with Gasteiger partial charge in [0.05, 0.1) is 11.8 Å². The first-order chi connectivity index (χ1) is 9.47. The van der Waals surface area contributed by atoms with Crippen LogP contribution >= 0.6 is 0 Å². The highest BCUT2D eigenvalue weighted by atomic mass is 16.4. The third-order valence-corrected chi connectivity index (χ3v) is 4.13. The highest BCUT2D eigenvalue weighted by Crippen LogP contribution is 2.31. The maximum atomic E-state index is 12.6. The fourth-order valence-electron chi connectivity index (χ4n) is 2.96. The summed E-state index contributed by atoms with van der Waals surface area (Å²) in [4.78, 5) is 27.8. The standard InChI is InChI=1S/C15H28N2O3/c1-4-17(11-7-10-16(2)3)14(18)12-8-5-6-9-13(12)15(19)20/h12-13H,4-11H2,1-3H3,(H,19,20)/t12-,13+/m1/s1. The van der Waals surface area contributed by atoms with Gasteiger partial charge in [-0.3, -0.25) is 9.59 Å². The van der Waals surface area contributed by atoms with Crippen molar-refractivity contribution in [2.45, 2.75) is 39.0 Å². The molecule has 2 atom stereocenters. The van der Waals surface area contributed by atoms with Gasteiger partial charge in [0, 0.05) is 13.1 Å². The number of aliphatic carboxylic acids is 1. The smallest absolute Gasteiger partial charge is 0.307 e. The summed E-state index contributed by atoms with van der Waals surface area (Å²) in [6, 6.07) is 0. The Morgan fingerprint density at radius 1 is 1.10 bits per heavy atom. The van der Waals surface area contributed by atoms with Crippen LogP contribution in [0.5, 0.6) is 0 Å². The lowest BCUT2D eigenvalue weighted by Crippen LogP contribution is -2.43. The minimum atomic E-state index is -0.813. The van der Waals surface area contributed by atoms with Gasteiger partial charge in [0.2, 0.25) is 5.91 Å². The lowest BCUT2D eigenvalue weighted by Gasteiger charge is -2.32. The van der Waals surface area contributed by atoms with Crippen molar-refractivity contribution in [3.8, 4) is 0 Å². The molecule has 5 nitrogen and oxygen atoms in total. The van der Waals surface area contributed by atoms with E-state index in [9.17, 15) is 14.7 Å². The zero-order valence-corrected chi connectivity index (χ0v) is 13.0. The number of carbonyl (C=O) groups is 2. The predicted molar refractivity (Wildman–Crippen MR) is 78.5 cm³/mol. The quantitative estimate of drug-likeness (QED) is 0.772. The van der Waals surface area contributed by atoms with Crippen LogP contribution < -0.4 is 0 Å². The molecule has 20 heavy (non-hydrogen) atoms. The summed E-state index contributed by atoms with van der Waals surface area (Å²) in [5.41, 5.74) is 0. The lowest BCUT2D eigenvalue weighted by molar-refractivity contribution is -0.152. The highest BCUT2D eigenvalue weighted by molar-refractivity contribution is 5.85. The van der Waals surface area contributed by atoms with Crippen LogP contribution in [0.4, 0.5) is 0 Å². The van der Waals surface area contributed by atoms with E-state index >= 15 is 0 Å². The normalized spacial score (nSPS) is 22.8. The van der Waals surface area contributed by atoms with Gasteiger partial charge in [-0.05, 0) is 46.8 Å². The molecule has 0 aliphatic heterocycles. The molecule has 1 saturated carbocycles. The van der Waals surface area contributed by atoms with Crippen LogP contribution in [0.3, 0.4) is 0 Å². The number of carboxylic acids is 1. The van der Waals surface area contributed by atoms with Gasteiger partial charge in [-0.1, -0.05) is 12.8 Å². The van der Waals surface area contributed by atoms with Gasteiger partial charge < -0.3 is 14.9 Å². The maximum Gasteiger partial charge on any atom is 0.307 e. The van der Waals surface area contributed by atoms with Gasteiger partial charge in [0.15, 0.2) is 0 Å². The van der Waals surface area contributed by atoms with Crippen molar-refractivity contribution >= 4 is 11.9 Å². The van der Waals surface area contributed by atoms with Gasteiger partial charge in [0.1, 0.15) is 0 Å². The number of nitrogens with zero attached hydrogens (tertiary/aromatic N) is 2. The number of carboxylic acid groups (broad SMARTS) is 1. The first-order valence-corrected chi connectivity index (χ1v) is 7.63. The Balaban J connectivity index is 2.61. The highest BCUT2D eigenvalue weighted by Gasteiger charge is 2.37. The Kier molecular flexibility index (Phi) is 6.99. The summed E-state index contributed by atoms with van der Waals surface area (Å²) >= 11 is 0. The molecule has 1 rings (SSSR count). The van der Waals surface area contributed by atoms with E-state index in [4.69, 9.17) is 0 Å². The number of hydrogen-bond donors (Lipinski definition) is 1. The molecule has 0 aromatic rings. The minimum Gasteiger partial charge on any atom is -0.481 e. The Hall–Kier alpha value is -1.10. The number of rotatable bonds is 7. The third-order valence-electron chi connectivity index (χ3n) is 4.13. The van der Waals surface area contributed by atoms with Gasteiger partial charge in [0.25, 0.3) is 0 Å². The van der Waals surface area contributed by atoms with Crippen molar-refractivity contribution in [3.05, 3.63) is 0 Å². The average molecular weight is 284 g/mol. The molecule has 116 valence electrons. The predicted octanol–water partition coefficient (Wildman–Crippen LogP) is 1.68. The van der Waals surface area contributed by atoms with Gasteiger partial charge in [-0.2, -0.15) is 0 Å². The molecule has 1 fully saturated rings. The van der Waals surface area contributed by atoms with Crippen LogP contribution in [-0.4, -0.2) is 60.5 Å². The summed E-state index contributed by atoms with van der Waals surface area (Å²) in [5, 5.41) is 9.28. The Morgan fingerprint density at radius 3 is 2.20 bits per heavy atom. The summed E-state index contributed by atoms with van der Waals surface area (Å²) in [5.74, 6) is -1.58. The van der Waals surface area contributed by atoms with Crippen LogP contribution in [-0.2, 0) is 9.59 Å². The minimum absolute atomic E-state index is 0.0401. The van der Waals surface area contributed by atoms with E-state index in [1.54, 1.807) is 0 Å². The van der Waals surface area contributed by atoms with E-state index in [-0.39, 0.29) is 11.8 Å². The van der Waals surface area contributed by atoms with E-state index in [0.29, 0.717) is 13.0 Å². The second-order valence-electron chi connectivity index (χ2n) is 5.91. The molecule has 1 aliphatic rings. The zero-order valence-electron chi connectivity index (χ0n) is 13.0. The van der Waals surface area contributed by atoms with Crippen LogP contribution in [0, 0.1) is 11.8 Å². The molecule has 5 heteroatoms. The Morgan fingerprint density at radius 2 is 1.70 bits per heavy atom. The van der Waals surface area contributed by atoms with Gasteiger partial charge in [-0.25, -0.2) is 0 Å². The van der Waals surface area contributed by atoms with Crippen molar-refractivity contribution in [2.75, 3.05) is 33.7 Å². The summed E-state index contributed by atoms with van der Waals surface area (Å²) in [7, 11) is 4.03. The molecule has 1 aliphatic carbocycles. The monoisotopic (exact) mass is 284 g/mol. The maximum absolute atomic E-state index is 12.6. The van der Waals surface area contributed by atoms with E-state index in [1.807, 2.05) is 25.9 Å². The summed E-state index contributed by atoms with van der Waals surface area (Å²) < 4.78 is 0. The molecule has 0 bridgehead atoms. The largest absolute Gasteiger partial charge is 0.481 e. The van der Waals surface area contributed by atoms with E-state index in [1.165, 1.54) is 0 Å². The Labute approximate surface area is 121 Å². The van der Waals surface area contributed by atoms with Crippen LogP contribution in [0.1, 0.15) is 39.0 Å². The second kappa shape index (κ2) is 8.25. The molecule has 0 saturated heterocycles. The van der Waals surface area contributed by atoms with Gasteiger partial charge in [-0.15, -0.1) is 0 Å². The first kappa shape index (κ1) is 17.0. The second-order valence-corrected chi connectivity index (χ2v) is 5.91. The molecule has 0 aromatic heterocycles. The lowest BCUT2D eigenvalue weighted by atomic mass is 9.78. The van der Waals surface area contributed by atoms with Crippen LogP contribution in [0.25, 0.3) is 0 Å². The van der Waals surface area contributed by atoms with Crippen molar-refractivity contribution in [1.82, 2.24) is 9.80 Å². The Bertz CT molecular complexity index is 331. The van der Waals surface area contributed by atoms with Crippen LogP contribution in [0.15, 0.2) is 0 Å². The average Bonchev–Trinajstić information content (AvgIpc) is 2.42. The molecular weight excluding hydrogens is 256 g/mol. The zero-order chi connectivity index (χ0) is 15.1.